The van der Waals surface area contributed by atoms with Crippen LogP contribution in [0.25, 0.3) is 216 Å². The minimum Gasteiger partial charge on any atom is -0.481 e. The summed E-state index contributed by atoms with van der Waals surface area (Å²) < 4.78 is 17.3. The van der Waals surface area contributed by atoms with Gasteiger partial charge in [-0.1, -0.05) is 259 Å². The van der Waals surface area contributed by atoms with Crippen LogP contribution >= 0.6 is 0 Å². The molecule has 0 aliphatic heterocycles. The topological polar surface area (TPSA) is 115 Å². The fraction of sp³-hybridized carbons (Fsp3) is 0.0351. The molecule has 0 aliphatic carbocycles. The largest absolute Gasteiger partial charge is 2.00 e. The van der Waals surface area contributed by atoms with E-state index in [0.717, 1.165) is 189 Å². The van der Waals surface area contributed by atoms with Gasteiger partial charge >= 0.3 is 63.2 Å². The summed E-state index contributed by atoms with van der Waals surface area (Å²) in [5.74, 6) is 2.31. The van der Waals surface area contributed by atoms with Crippen molar-refractivity contribution in [3.8, 4) is 96.2 Å². The fourth-order valence-corrected chi connectivity index (χ4v) is 17.9. The van der Waals surface area contributed by atoms with Gasteiger partial charge in [-0.25, -0.2) is 9.97 Å². The summed E-state index contributed by atoms with van der Waals surface area (Å²) >= 11 is 0. The molecular formula is C114H73N11OPt3. The van der Waals surface area contributed by atoms with E-state index < -0.39 is 0 Å². The summed E-state index contributed by atoms with van der Waals surface area (Å²) in [5, 5.41) is 11.5. The average molecular weight is 2200 g/mol. The van der Waals surface area contributed by atoms with Gasteiger partial charge in [-0.3, -0.25) is 4.98 Å². The van der Waals surface area contributed by atoms with Crippen LogP contribution in [-0.4, -0.2) is 52.7 Å². The minimum absolute atomic E-state index is 0. The maximum atomic E-state index is 6.03. The van der Waals surface area contributed by atoms with Crippen LogP contribution in [0.5, 0.6) is 0 Å². The van der Waals surface area contributed by atoms with Crippen LogP contribution in [0.2, 0.25) is 0 Å². The molecule has 0 saturated carbocycles. The number of hydrogen-bond acceptors (Lipinski definition) is 7. The van der Waals surface area contributed by atoms with Gasteiger partial charge in [-0.2, -0.15) is 12.1 Å². The third-order valence-electron chi connectivity index (χ3n) is 23.9. The minimum atomic E-state index is -0.00267. The molecule has 0 aliphatic rings. The monoisotopic (exact) mass is 2200 g/mol. The maximum Gasteiger partial charge on any atom is 2.00 e. The van der Waals surface area contributed by atoms with Crippen molar-refractivity contribution in [1.29, 1.82) is 0 Å². The Bertz CT molecular complexity index is 8510. The van der Waals surface area contributed by atoms with E-state index >= 15 is 0 Å². The molecule has 11 aromatic heterocycles. The molecule has 129 heavy (non-hydrogen) atoms. The van der Waals surface area contributed by atoms with Gasteiger partial charge in [0.1, 0.15) is 23.1 Å². The number of para-hydroxylation sites is 7. The Hall–Kier alpha value is -14.6. The zero-order chi connectivity index (χ0) is 83.9. The molecule has 0 fully saturated rings. The molecule has 0 unspecified atom stereocenters. The first-order valence-corrected chi connectivity index (χ1v) is 42.1. The number of hydrogen-bond donors (Lipinski definition) is 0. The molecule has 0 atom stereocenters. The van der Waals surface area contributed by atoms with Crippen LogP contribution in [0, 0.1) is 36.4 Å². The smallest absolute Gasteiger partial charge is 0.481 e. The Morgan fingerprint density at radius 3 is 1.10 bits per heavy atom. The molecule has 620 valence electrons. The molecular weight excluding hydrogens is 2120 g/mol. The molecule has 11 heterocycles. The van der Waals surface area contributed by atoms with Crippen LogP contribution in [0.4, 0.5) is 0 Å². The number of rotatable bonds is 11. The molecule has 15 heteroatoms. The molecule has 0 amide bonds. The Labute approximate surface area is 787 Å². The molecule has 0 bridgehead atoms. The summed E-state index contributed by atoms with van der Waals surface area (Å²) in [6, 6.07) is 146. The number of aromatic nitrogens is 11. The molecule has 25 aromatic rings. The van der Waals surface area contributed by atoms with Crippen LogP contribution < -0.4 is 0 Å². The van der Waals surface area contributed by atoms with Gasteiger partial charge < -0.3 is 42.2 Å². The van der Waals surface area contributed by atoms with Gasteiger partial charge in [0.2, 0.25) is 0 Å². The van der Waals surface area contributed by atoms with Crippen LogP contribution in [0.15, 0.2) is 393 Å². The predicted molar refractivity (Wildman–Crippen MR) is 512 cm³/mol. The molecule has 0 radical (unpaired) electrons. The summed E-state index contributed by atoms with van der Waals surface area (Å²) in [4.78, 5) is 28.3. The summed E-state index contributed by atoms with van der Waals surface area (Å²) in [5.41, 5.74) is 27.0. The van der Waals surface area contributed by atoms with Crippen LogP contribution in [0.3, 0.4) is 0 Å². The third-order valence-corrected chi connectivity index (χ3v) is 23.9. The van der Waals surface area contributed by atoms with E-state index in [0.29, 0.717) is 5.89 Å². The van der Waals surface area contributed by atoms with E-state index in [1.165, 1.54) is 27.1 Å². The van der Waals surface area contributed by atoms with E-state index in [1.54, 1.807) is 6.20 Å². The second-order valence-electron chi connectivity index (χ2n) is 32.5. The molecule has 0 saturated heterocycles. The van der Waals surface area contributed by atoms with Crippen molar-refractivity contribution in [2.75, 3.05) is 0 Å². The van der Waals surface area contributed by atoms with E-state index in [1.807, 2.05) is 116 Å². The van der Waals surface area contributed by atoms with Gasteiger partial charge in [0.15, 0.2) is 0 Å². The maximum absolute atomic E-state index is 6.03. The zero-order valence-electron chi connectivity index (χ0n) is 69.7. The first kappa shape index (κ1) is 82.6. The van der Waals surface area contributed by atoms with Crippen molar-refractivity contribution in [3.63, 3.8) is 0 Å². The van der Waals surface area contributed by atoms with Crippen molar-refractivity contribution in [1.82, 2.24) is 52.7 Å². The first-order valence-electron chi connectivity index (χ1n) is 42.1. The Balaban J connectivity index is 0.000000122. The van der Waals surface area contributed by atoms with Crippen LogP contribution in [-0.2, 0) is 68.6 Å². The normalized spacial score (nSPS) is 11.5. The standard InChI is InChI=1S/C44H32N4.C40H24N4.C30H17N3O.3Pt/c1-44(2,3)32-22-24-46-43(27-32)48-40-16-10-8-14-35(40)37-20-18-33(28-42(37)48)47-39-15-9-7-13-34(39)36-19-17-31(26-41(36)47)38-25-30(21-23-45-38)29-11-5-4-6-12-29;1-2-10-27(11-3-1)28-21-23-42-40(25-28)44-37-16-7-5-13-32(37)34-20-18-30(26-39(34)44)43-36-15-6-4-12-31(36)33-19-17-29(24-38(33)43)35-14-8-9-22-41-35;1-3-13-27-23(10-1)24-16-15-21(30-32-26-12-2-4-14-29(26)34-30)19-28(24)33(27)22-9-7-8-20(18-22)25-11-5-6-17-31-25;;;/h4-25,27H,1-3H3;1-23,25H;1-17H;;;/q3*-2;3*+2. The average Bonchev–Trinajstić information content (AvgIpc) is 1.58. The Morgan fingerprint density at radius 2 is 0.620 bits per heavy atom. The predicted octanol–water partition coefficient (Wildman–Crippen LogP) is 27.8. The molecule has 12 nitrogen and oxygen atoms in total. The van der Waals surface area contributed by atoms with Gasteiger partial charge in [-0.05, 0) is 184 Å². The number of oxazole rings is 1. The fourth-order valence-electron chi connectivity index (χ4n) is 17.9. The van der Waals surface area contributed by atoms with E-state index in [9.17, 15) is 0 Å². The van der Waals surface area contributed by atoms with E-state index in [2.05, 4.69) is 362 Å². The van der Waals surface area contributed by atoms with Gasteiger partial charge in [-0.15, -0.1) is 131 Å². The summed E-state index contributed by atoms with van der Waals surface area (Å²) in [7, 11) is 0. The number of pyridine rings is 5. The van der Waals surface area contributed by atoms with Crippen molar-refractivity contribution >= 4 is 120 Å². The van der Waals surface area contributed by atoms with Crippen molar-refractivity contribution in [2.24, 2.45) is 0 Å². The SMILES string of the molecule is CC(C)(C)c1ccnc(-n2c3[c-]c(-n4c5[c-]c(-c6cc(-c7ccccc7)ccn6)ccc5c5ccccc54)ccc3c3ccccc32)c1.[Pt+2].[Pt+2].[Pt+2].[c-]1c(-c2ccccn2)ccc2c3ccccc3n(-c3[c-]c4c(cc3)c3ccccc3n4-c3cc(-c4ccccc4)ccn3)c12.[c-]1c(-c2ccccn2)cccc1-n1c2[c-]c(-c3nc4ccccc4o3)ccc2c2ccccc21. The molecule has 0 N–H and O–H groups in total. The van der Waals surface area contributed by atoms with E-state index in [4.69, 9.17) is 19.4 Å². The number of nitrogens with zero attached hydrogens (tertiary/aromatic N) is 11. The Morgan fingerprint density at radius 1 is 0.248 bits per heavy atom. The van der Waals surface area contributed by atoms with Crippen LogP contribution in [0.1, 0.15) is 26.3 Å². The van der Waals surface area contributed by atoms with Gasteiger partial charge in [0.25, 0.3) is 0 Å². The summed E-state index contributed by atoms with van der Waals surface area (Å²) in [6.45, 7) is 6.72. The van der Waals surface area contributed by atoms with Crippen molar-refractivity contribution < 1.29 is 67.6 Å². The van der Waals surface area contributed by atoms with Gasteiger partial charge in [0.05, 0.1) is 5.52 Å². The Kier molecular flexibility index (Phi) is 22.2. The van der Waals surface area contributed by atoms with E-state index in [-0.39, 0.29) is 68.6 Å². The number of benzene rings is 14. The van der Waals surface area contributed by atoms with Crippen molar-refractivity contribution in [2.45, 2.75) is 26.2 Å². The molecule has 0 spiro atoms. The second-order valence-corrected chi connectivity index (χ2v) is 32.5. The molecule has 25 rings (SSSR count). The third kappa shape index (κ3) is 15.0. The summed E-state index contributed by atoms with van der Waals surface area (Å²) in [6.07, 6.45) is 9.32. The van der Waals surface area contributed by atoms with Gasteiger partial charge in [0, 0.05) is 58.6 Å². The number of fused-ring (bicyclic) bond motifs is 16. The van der Waals surface area contributed by atoms with Crippen molar-refractivity contribution in [3.05, 3.63) is 431 Å². The quantitative estimate of drug-likeness (QED) is 0.118. The molecule has 14 aromatic carbocycles. The first-order chi connectivity index (χ1) is 62.1. The zero-order valence-corrected chi connectivity index (χ0v) is 76.5. The second kappa shape index (κ2) is 34.6.